The molecule has 0 amide bonds. The molecule has 1 aromatic rings. The standard InChI is InChI=1S/C16H23F3N2O4/c17-16(18,19)25-15-3-1-14(2-4-15)24-12-13(23)11-21-7-5-20(6-8-21)9-10-22/h1-4,13,22-23H,5-12H2/t13-/m0/s1. The number of rotatable bonds is 8. The first kappa shape index (κ1) is 19.8. The molecule has 1 aliphatic rings. The van der Waals surface area contributed by atoms with Gasteiger partial charge in [0.2, 0.25) is 0 Å². The summed E-state index contributed by atoms with van der Waals surface area (Å²) >= 11 is 0. The molecule has 6 nitrogen and oxygen atoms in total. The average molecular weight is 364 g/mol. The van der Waals surface area contributed by atoms with Gasteiger partial charge in [0.1, 0.15) is 24.2 Å². The van der Waals surface area contributed by atoms with Crippen LogP contribution in [0.5, 0.6) is 11.5 Å². The van der Waals surface area contributed by atoms with Crippen LogP contribution in [0.1, 0.15) is 0 Å². The Balaban J connectivity index is 1.69. The summed E-state index contributed by atoms with van der Waals surface area (Å²) in [7, 11) is 0. The normalized spacial score (nSPS) is 18.1. The lowest BCUT2D eigenvalue weighted by atomic mass is 10.2. The molecule has 142 valence electrons. The third-order valence-corrected chi connectivity index (χ3v) is 3.85. The van der Waals surface area contributed by atoms with Gasteiger partial charge in [-0.1, -0.05) is 0 Å². The lowest BCUT2D eigenvalue weighted by Gasteiger charge is -2.35. The van der Waals surface area contributed by atoms with Gasteiger partial charge in [0.15, 0.2) is 0 Å². The number of alkyl halides is 3. The van der Waals surface area contributed by atoms with Crippen molar-refractivity contribution in [3.05, 3.63) is 24.3 Å². The highest BCUT2D eigenvalue weighted by Gasteiger charge is 2.31. The molecule has 9 heteroatoms. The van der Waals surface area contributed by atoms with E-state index in [2.05, 4.69) is 14.5 Å². The molecule has 1 saturated heterocycles. The second kappa shape index (κ2) is 9.23. The van der Waals surface area contributed by atoms with Crippen molar-refractivity contribution in [1.29, 1.82) is 0 Å². The number of hydrogen-bond donors (Lipinski definition) is 2. The molecule has 0 radical (unpaired) electrons. The molecular formula is C16H23F3N2O4. The molecule has 2 rings (SSSR count). The van der Waals surface area contributed by atoms with Crippen LogP contribution in [-0.4, -0.2) is 85.0 Å². The molecule has 1 aromatic carbocycles. The van der Waals surface area contributed by atoms with E-state index in [1.807, 2.05) is 0 Å². The molecule has 2 N–H and O–H groups in total. The zero-order chi connectivity index (χ0) is 18.3. The highest BCUT2D eigenvalue weighted by Crippen LogP contribution is 2.24. The molecule has 1 heterocycles. The van der Waals surface area contributed by atoms with Gasteiger partial charge < -0.3 is 19.7 Å². The van der Waals surface area contributed by atoms with E-state index in [9.17, 15) is 18.3 Å². The van der Waals surface area contributed by atoms with Crippen LogP contribution in [0.3, 0.4) is 0 Å². The summed E-state index contributed by atoms with van der Waals surface area (Å²) in [6.07, 6.45) is -5.42. The molecule has 25 heavy (non-hydrogen) atoms. The quantitative estimate of drug-likeness (QED) is 0.716. The molecule has 1 atom stereocenters. The van der Waals surface area contributed by atoms with E-state index in [4.69, 9.17) is 9.84 Å². The van der Waals surface area contributed by atoms with Gasteiger partial charge in [-0.2, -0.15) is 0 Å². The summed E-state index contributed by atoms with van der Waals surface area (Å²) in [6.45, 7) is 4.61. The Morgan fingerprint density at radius 3 is 2.12 bits per heavy atom. The fraction of sp³-hybridized carbons (Fsp3) is 0.625. The van der Waals surface area contributed by atoms with E-state index in [1.54, 1.807) is 0 Å². The third kappa shape index (κ3) is 7.47. The number of nitrogens with zero attached hydrogens (tertiary/aromatic N) is 2. The van der Waals surface area contributed by atoms with Crippen LogP contribution in [0.25, 0.3) is 0 Å². The van der Waals surface area contributed by atoms with Crippen molar-refractivity contribution in [2.45, 2.75) is 12.5 Å². The largest absolute Gasteiger partial charge is 0.573 e. The smallest absolute Gasteiger partial charge is 0.491 e. The molecule has 0 unspecified atom stereocenters. The lowest BCUT2D eigenvalue weighted by molar-refractivity contribution is -0.274. The number of aliphatic hydroxyl groups excluding tert-OH is 2. The van der Waals surface area contributed by atoms with E-state index in [0.29, 0.717) is 18.8 Å². The van der Waals surface area contributed by atoms with Gasteiger partial charge in [-0.25, -0.2) is 0 Å². The topological polar surface area (TPSA) is 65.4 Å². The Bertz CT molecular complexity index is 505. The minimum atomic E-state index is -4.72. The van der Waals surface area contributed by atoms with Gasteiger partial charge in [-0.05, 0) is 24.3 Å². The average Bonchev–Trinajstić information content (AvgIpc) is 2.55. The first-order chi connectivity index (χ1) is 11.9. The number of halogens is 3. The number of β-amino-alcohol motifs (C(OH)–C–C–N with tert-alkyl or cyclic N) is 2. The minimum absolute atomic E-state index is 0.0519. The SMILES string of the molecule is OCCN1CCN(C[C@H](O)COc2ccc(OC(F)(F)F)cc2)CC1. The Labute approximate surface area is 144 Å². The number of hydrogen-bond acceptors (Lipinski definition) is 6. The summed E-state index contributed by atoms with van der Waals surface area (Å²) in [5, 5.41) is 19.0. The monoisotopic (exact) mass is 364 g/mol. The van der Waals surface area contributed by atoms with Gasteiger partial charge in [-0.15, -0.1) is 13.2 Å². The Morgan fingerprint density at radius 1 is 1.00 bits per heavy atom. The van der Waals surface area contributed by atoms with E-state index >= 15 is 0 Å². The van der Waals surface area contributed by atoms with E-state index in [-0.39, 0.29) is 19.0 Å². The Hall–Kier alpha value is -1.55. The highest BCUT2D eigenvalue weighted by molar-refractivity contribution is 5.31. The molecule has 1 fully saturated rings. The molecule has 0 aromatic heterocycles. The van der Waals surface area contributed by atoms with Crippen molar-refractivity contribution in [2.75, 3.05) is 52.5 Å². The predicted molar refractivity (Wildman–Crippen MR) is 84.6 cm³/mol. The summed E-state index contributed by atoms with van der Waals surface area (Å²) in [5.41, 5.74) is 0. The van der Waals surface area contributed by atoms with Crippen LogP contribution in [0, 0.1) is 0 Å². The number of aliphatic hydroxyl groups is 2. The van der Waals surface area contributed by atoms with E-state index in [0.717, 1.165) is 38.3 Å². The van der Waals surface area contributed by atoms with Crippen LogP contribution in [0.15, 0.2) is 24.3 Å². The number of ether oxygens (including phenoxy) is 2. The van der Waals surface area contributed by atoms with E-state index in [1.165, 1.54) is 12.1 Å². The minimum Gasteiger partial charge on any atom is -0.491 e. The second-order valence-corrected chi connectivity index (χ2v) is 5.85. The summed E-state index contributed by atoms with van der Waals surface area (Å²) in [4.78, 5) is 4.27. The summed E-state index contributed by atoms with van der Waals surface area (Å²) in [6, 6.07) is 5.05. The molecule has 0 aliphatic carbocycles. The van der Waals surface area contributed by atoms with Crippen LogP contribution in [-0.2, 0) is 0 Å². The maximum atomic E-state index is 12.1. The highest BCUT2D eigenvalue weighted by atomic mass is 19.4. The molecule has 0 saturated carbocycles. The lowest BCUT2D eigenvalue weighted by Crippen LogP contribution is -2.49. The molecule has 0 spiro atoms. The van der Waals surface area contributed by atoms with Crippen molar-refractivity contribution in [2.24, 2.45) is 0 Å². The van der Waals surface area contributed by atoms with Crippen LogP contribution in [0.4, 0.5) is 13.2 Å². The summed E-state index contributed by atoms with van der Waals surface area (Å²) < 4.78 is 45.4. The van der Waals surface area contributed by atoms with Crippen molar-refractivity contribution < 1.29 is 32.9 Å². The van der Waals surface area contributed by atoms with Crippen LogP contribution in [0.2, 0.25) is 0 Å². The molecular weight excluding hydrogens is 341 g/mol. The third-order valence-electron chi connectivity index (χ3n) is 3.85. The van der Waals surface area contributed by atoms with Crippen LogP contribution >= 0.6 is 0 Å². The van der Waals surface area contributed by atoms with Crippen molar-refractivity contribution in [3.8, 4) is 11.5 Å². The summed E-state index contributed by atoms with van der Waals surface area (Å²) in [5.74, 6) is 0.0440. The zero-order valence-corrected chi connectivity index (χ0v) is 13.8. The molecule has 0 bridgehead atoms. The van der Waals surface area contributed by atoms with Crippen molar-refractivity contribution in [1.82, 2.24) is 9.80 Å². The van der Waals surface area contributed by atoms with Crippen molar-refractivity contribution in [3.63, 3.8) is 0 Å². The fourth-order valence-corrected chi connectivity index (χ4v) is 2.62. The maximum absolute atomic E-state index is 12.1. The Kier molecular flexibility index (Phi) is 7.30. The van der Waals surface area contributed by atoms with Crippen molar-refractivity contribution >= 4 is 0 Å². The first-order valence-corrected chi connectivity index (χ1v) is 8.08. The molecule has 1 aliphatic heterocycles. The Morgan fingerprint density at radius 2 is 1.56 bits per heavy atom. The van der Waals surface area contributed by atoms with Gasteiger partial charge in [0, 0.05) is 39.3 Å². The van der Waals surface area contributed by atoms with Gasteiger partial charge in [-0.3, -0.25) is 9.80 Å². The number of benzene rings is 1. The van der Waals surface area contributed by atoms with Gasteiger partial charge in [0.05, 0.1) is 6.61 Å². The van der Waals surface area contributed by atoms with Gasteiger partial charge >= 0.3 is 6.36 Å². The number of piperazine rings is 1. The fourth-order valence-electron chi connectivity index (χ4n) is 2.62. The maximum Gasteiger partial charge on any atom is 0.573 e. The second-order valence-electron chi connectivity index (χ2n) is 5.85. The van der Waals surface area contributed by atoms with Gasteiger partial charge in [0.25, 0.3) is 0 Å². The predicted octanol–water partition coefficient (Wildman–Crippen LogP) is 0.935. The zero-order valence-electron chi connectivity index (χ0n) is 13.8. The van der Waals surface area contributed by atoms with Crippen LogP contribution < -0.4 is 9.47 Å². The first-order valence-electron chi connectivity index (χ1n) is 8.08. The van der Waals surface area contributed by atoms with E-state index < -0.39 is 12.5 Å².